The average molecular weight is 247 g/mol. The molecule has 0 aliphatic carbocycles. The molecule has 0 bridgehead atoms. The minimum atomic E-state index is 0.244. The number of aromatic nitrogens is 1. The van der Waals surface area contributed by atoms with Gasteiger partial charge in [-0.25, -0.2) is 0 Å². The van der Waals surface area contributed by atoms with Crippen LogP contribution in [0.15, 0.2) is 24.5 Å². The first-order valence-corrected chi connectivity index (χ1v) is 6.98. The standard InChI is InChI=1S/C15H25N3/c1-15(2)14(7-8-16)6-4-10-18(15)12-13-5-3-9-17-11-13/h3,5,9,11,14H,4,6-8,10,12,16H2,1-2H3. The normalized spacial score (nSPS) is 24.1. The smallest absolute Gasteiger partial charge is 0.0312 e. The van der Waals surface area contributed by atoms with E-state index in [9.17, 15) is 0 Å². The van der Waals surface area contributed by atoms with Gasteiger partial charge in [-0.2, -0.15) is 0 Å². The maximum Gasteiger partial charge on any atom is 0.0312 e. The maximum atomic E-state index is 5.75. The van der Waals surface area contributed by atoms with Crippen LogP contribution in [0.25, 0.3) is 0 Å². The van der Waals surface area contributed by atoms with Crippen molar-refractivity contribution < 1.29 is 0 Å². The summed E-state index contributed by atoms with van der Waals surface area (Å²) in [4.78, 5) is 6.80. The number of hydrogen-bond acceptors (Lipinski definition) is 3. The lowest BCUT2D eigenvalue weighted by atomic mass is 9.77. The average Bonchev–Trinajstić information content (AvgIpc) is 2.36. The Morgan fingerprint density at radius 1 is 1.50 bits per heavy atom. The molecule has 1 aliphatic heterocycles. The van der Waals surface area contributed by atoms with Gasteiger partial charge in [-0.15, -0.1) is 0 Å². The minimum absolute atomic E-state index is 0.244. The number of nitrogens with two attached hydrogens (primary N) is 1. The van der Waals surface area contributed by atoms with E-state index in [1.807, 2.05) is 18.5 Å². The van der Waals surface area contributed by atoms with Crippen molar-refractivity contribution in [1.29, 1.82) is 0 Å². The van der Waals surface area contributed by atoms with E-state index in [1.54, 1.807) is 0 Å². The molecule has 1 fully saturated rings. The molecule has 1 aromatic heterocycles. The molecule has 1 unspecified atom stereocenters. The molecule has 3 nitrogen and oxygen atoms in total. The molecule has 0 aromatic carbocycles. The largest absolute Gasteiger partial charge is 0.330 e. The Hall–Kier alpha value is -0.930. The van der Waals surface area contributed by atoms with Crippen molar-refractivity contribution in [3.63, 3.8) is 0 Å². The lowest BCUT2D eigenvalue weighted by Gasteiger charge is -2.48. The van der Waals surface area contributed by atoms with Crippen molar-refractivity contribution in [3.05, 3.63) is 30.1 Å². The summed E-state index contributed by atoms with van der Waals surface area (Å²) >= 11 is 0. The van der Waals surface area contributed by atoms with Crippen LogP contribution in [0.4, 0.5) is 0 Å². The molecule has 100 valence electrons. The van der Waals surface area contributed by atoms with Gasteiger partial charge >= 0.3 is 0 Å². The number of hydrogen-bond donors (Lipinski definition) is 1. The molecule has 0 saturated carbocycles. The van der Waals surface area contributed by atoms with E-state index < -0.39 is 0 Å². The summed E-state index contributed by atoms with van der Waals surface area (Å²) in [6.45, 7) is 7.71. The number of nitrogens with zero attached hydrogens (tertiary/aromatic N) is 2. The SMILES string of the molecule is CC1(C)C(CCN)CCCN1Cc1cccnc1. The van der Waals surface area contributed by atoms with Crippen molar-refractivity contribution in [2.24, 2.45) is 11.7 Å². The highest BCUT2D eigenvalue weighted by molar-refractivity contribution is 5.09. The van der Waals surface area contributed by atoms with Crippen molar-refractivity contribution in [1.82, 2.24) is 9.88 Å². The van der Waals surface area contributed by atoms with Gasteiger partial charge in [-0.05, 0) is 63.7 Å². The molecule has 2 heterocycles. The van der Waals surface area contributed by atoms with Crippen LogP contribution in [-0.4, -0.2) is 28.5 Å². The van der Waals surface area contributed by atoms with Crippen molar-refractivity contribution >= 4 is 0 Å². The van der Waals surface area contributed by atoms with Gasteiger partial charge in [-0.3, -0.25) is 9.88 Å². The molecule has 2 N–H and O–H groups in total. The highest BCUT2D eigenvalue weighted by atomic mass is 15.2. The van der Waals surface area contributed by atoms with Crippen molar-refractivity contribution in [2.45, 2.75) is 45.2 Å². The first-order chi connectivity index (χ1) is 8.64. The Morgan fingerprint density at radius 2 is 2.33 bits per heavy atom. The van der Waals surface area contributed by atoms with E-state index in [4.69, 9.17) is 5.73 Å². The van der Waals surface area contributed by atoms with Crippen molar-refractivity contribution in [3.8, 4) is 0 Å². The second-order valence-electron chi connectivity index (χ2n) is 5.85. The second kappa shape index (κ2) is 5.81. The lowest BCUT2D eigenvalue weighted by Crippen LogP contribution is -2.53. The summed E-state index contributed by atoms with van der Waals surface area (Å²) in [5, 5.41) is 0. The fraction of sp³-hybridized carbons (Fsp3) is 0.667. The minimum Gasteiger partial charge on any atom is -0.330 e. The monoisotopic (exact) mass is 247 g/mol. The Bertz CT molecular complexity index is 359. The predicted molar refractivity (Wildman–Crippen MR) is 75.1 cm³/mol. The molecule has 1 atom stereocenters. The summed E-state index contributed by atoms with van der Waals surface area (Å²) in [6.07, 6.45) is 7.54. The topological polar surface area (TPSA) is 42.1 Å². The van der Waals surface area contributed by atoms with Crippen LogP contribution < -0.4 is 5.73 Å². The van der Waals surface area contributed by atoms with Gasteiger partial charge in [0.2, 0.25) is 0 Å². The fourth-order valence-corrected chi connectivity index (χ4v) is 3.12. The Labute approximate surface area is 110 Å². The highest BCUT2D eigenvalue weighted by Gasteiger charge is 2.37. The predicted octanol–water partition coefficient (Wildman–Crippen LogP) is 2.42. The molecular formula is C15H25N3. The molecular weight excluding hydrogens is 222 g/mol. The van der Waals surface area contributed by atoms with E-state index in [-0.39, 0.29) is 5.54 Å². The number of likely N-dealkylation sites (tertiary alicyclic amines) is 1. The van der Waals surface area contributed by atoms with E-state index >= 15 is 0 Å². The van der Waals surface area contributed by atoms with E-state index in [1.165, 1.54) is 24.9 Å². The fourth-order valence-electron chi connectivity index (χ4n) is 3.12. The molecule has 2 rings (SSSR count). The first-order valence-electron chi connectivity index (χ1n) is 6.98. The molecule has 0 spiro atoms. The van der Waals surface area contributed by atoms with Gasteiger partial charge in [0, 0.05) is 24.5 Å². The molecule has 18 heavy (non-hydrogen) atoms. The van der Waals surface area contributed by atoms with Crippen LogP contribution in [0.5, 0.6) is 0 Å². The summed E-state index contributed by atoms with van der Waals surface area (Å²) < 4.78 is 0. The van der Waals surface area contributed by atoms with Crippen molar-refractivity contribution in [2.75, 3.05) is 13.1 Å². The van der Waals surface area contributed by atoms with Gasteiger partial charge in [0.1, 0.15) is 0 Å². The molecule has 0 amide bonds. The van der Waals surface area contributed by atoms with Crippen LogP contribution in [0.2, 0.25) is 0 Å². The third-order valence-corrected chi connectivity index (χ3v) is 4.41. The first kappa shape index (κ1) is 13.5. The van der Waals surface area contributed by atoms with Crippen LogP contribution in [-0.2, 0) is 6.54 Å². The molecule has 1 aliphatic rings. The zero-order valence-electron chi connectivity index (χ0n) is 11.6. The number of piperidine rings is 1. The highest BCUT2D eigenvalue weighted by Crippen LogP contribution is 2.36. The van der Waals surface area contributed by atoms with Crippen LogP contribution >= 0.6 is 0 Å². The summed E-state index contributed by atoms with van der Waals surface area (Å²) in [6, 6.07) is 4.18. The molecule has 0 radical (unpaired) electrons. The summed E-state index contributed by atoms with van der Waals surface area (Å²) in [5.41, 5.74) is 7.30. The molecule has 3 heteroatoms. The summed E-state index contributed by atoms with van der Waals surface area (Å²) in [5.74, 6) is 0.716. The van der Waals surface area contributed by atoms with Gasteiger partial charge < -0.3 is 5.73 Å². The van der Waals surface area contributed by atoms with E-state index in [0.29, 0.717) is 5.92 Å². The summed E-state index contributed by atoms with van der Waals surface area (Å²) in [7, 11) is 0. The Kier molecular flexibility index (Phi) is 4.36. The quantitative estimate of drug-likeness (QED) is 0.888. The molecule has 1 aromatic rings. The number of pyridine rings is 1. The van der Waals surface area contributed by atoms with Gasteiger partial charge in [0.15, 0.2) is 0 Å². The van der Waals surface area contributed by atoms with Crippen LogP contribution in [0.3, 0.4) is 0 Å². The Morgan fingerprint density at radius 3 is 3.00 bits per heavy atom. The van der Waals surface area contributed by atoms with Crippen LogP contribution in [0.1, 0.15) is 38.7 Å². The third-order valence-electron chi connectivity index (χ3n) is 4.41. The second-order valence-corrected chi connectivity index (χ2v) is 5.85. The maximum absolute atomic E-state index is 5.75. The van der Waals surface area contributed by atoms with Gasteiger partial charge in [-0.1, -0.05) is 6.07 Å². The lowest BCUT2D eigenvalue weighted by molar-refractivity contribution is 0.0124. The van der Waals surface area contributed by atoms with Gasteiger partial charge in [0.25, 0.3) is 0 Å². The van der Waals surface area contributed by atoms with Crippen LogP contribution in [0, 0.1) is 5.92 Å². The van der Waals surface area contributed by atoms with E-state index in [2.05, 4.69) is 29.8 Å². The molecule has 1 saturated heterocycles. The third kappa shape index (κ3) is 2.90. The number of rotatable bonds is 4. The van der Waals surface area contributed by atoms with E-state index in [0.717, 1.165) is 19.5 Å². The van der Waals surface area contributed by atoms with Gasteiger partial charge in [0.05, 0.1) is 0 Å². The Balaban J connectivity index is 2.07. The zero-order chi connectivity index (χ0) is 13.0. The zero-order valence-corrected chi connectivity index (χ0v) is 11.6.